The maximum absolute atomic E-state index is 12.9. The third kappa shape index (κ3) is 6.19. The van der Waals surface area contributed by atoms with Gasteiger partial charge < -0.3 is 0 Å². The molecule has 0 N–H and O–H groups in total. The second-order valence-corrected chi connectivity index (χ2v) is 7.59. The van der Waals surface area contributed by atoms with Crippen LogP contribution in [0.2, 0.25) is 0 Å². The highest BCUT2D eigenvalue weighted by Gasteiger charge is 2.17. The van der Waals surface area contributed by atoms with Crippen molar-refractivity contribution in [3.05, 3.63) is 29.8 Å². The van der Waals surface area contributed by atoms with Crippen molar-refractivity contribution in [2.45, 2.75) is 51.9 Å². The Bertz CT molecular complexity index is 358. The van der Waals surface area contributed by atoms with Crippen molar-refractivity contribution in [2.75, 3.05) is 6.16 Å². The van der Waals surface area contributed by atoms with E-state index in [0.717, 1.165) is 19.0 Å². The van der Waals surface area contributed by atoms with Gasteiger partial charge in [-0.2, -0.15) is 0 Å². The van der Waals surface area contributed by atoms with Crippen LogP contribution in [0.1, 0.15) is 57.4 Å². The highest BCUT2D eigenvalue weighted by Crippen LogP contribution is 2.43. The molecule has 0 saturated carbocycles. The van der Waals surface area contributed by atoms with E-state index in [9.17, 15) is 8.78 Å². The average Bonchev–Trinajstić information content (AvgIpc) is 2.42. The molecule has 0 radical (unpaired) electrons. The van der Waals surface area contributed by atoms with Crippen LogP contribution in [0, 0.1) is 0 Å². The lowest BCUT2D eigenvalue weighted by molar-refractivity contribution is 0.152. The maximum atomic E-state index is 12.9. The fourth-order valence-electron chi connectivity index (χ4n) is 2.04. The van der Waals surface area contributed by atoms with Crippen molar-refractivity contribution in [1.29, 1.82) is 0 Å². The molecule has 0 aliphatic rings. The molecule has 1 aromatic carbocycles. The van der Waals surface area contributed by atoms with E-state index in [2.05, 4.69) is 6.92 Å². The van der Waals surface area contributed by atoms with Crippen LogP contribution in [0.25, 0.3) is 0 Å². The summed E-state index contributed by atoms with van der Waals surface area (Å²) in [7, 11) is -0.961. The summed E-state index contributed by atoms with van der Waals surface area (Å²) in [6.45, 7) is 2.19. The summed E-state index contributed by atoms with van der Waals surface area (Å²) in [5.41, 5.74) is 0.106. The van der Waals surface area contributed by atoms with Gasteiger partial charge in [-0.15, -0.1) is 0 Å². The predicted octanol–water partition coefficient (Wildman–Crippen LogP) is 6.25. The summed E-state index contributed by atoms with van der Waals surface area (Å²) < 4.78 is 25.7. The Kier molecular flexibility index (Phi) is 8.57. The van der Waals surface area contributed by atoms with Crippen molar-refractivity contribution >= 4 is 23.8 Å². The Balaban J connectivity index is 2.39. The summed E-state index contributed by atoms with van der Waals surface area (Å²) >= 11 is 6.33. The molecule has 0 nitrogen and oxygen atoms in total. The van der Waals surface area contributed by atoms with E-state index in [1.54, 1.807) is 18.2 Å². The van der Waals surface area contributed by atoms with Gasteiger partial charge in [-0.25, -0.2) is 8.78 Å². The molecule has 19 heavy (non-hydrogen) atoms. The highest BCUT2D eigenvalue weighted by atomic mass is 35.7. The molecule has 0 aliphatic carbocycles. The highest BCUT2D eigenvalue weighted by molar-refractivity contribution is 7.90. The van der Waals surface area contributed by atoms with Gasteiger partial charge in [-0.3, -0.25) is 0 Å². The first-order valence-electron chi connectivity index (χ1n) is 6.97. The van der Waals surface area contributed by atoms with Crippen LogP contribution in [-0.4, -0.2) is 6.16 Å². The van der Waals surface area contributed by atoms with Crippen molar-refractivity contribution in [2.24, 2.45) is 0 Å². The molecule has 108 valence electrons. The molecule has 1 atom stereocenters. The molecule has 0 saturated heterocycles. The van der Waals surface area contributed by atoms with Crippen molar-refractivity contribution in [3.63, 3.8) is 0 Å². The molecule has 1 unspecified atom stereocenters. The van der Waals surface area contributed by atoms with Gasteiger partial charge in [0.2, 0.25) is 0 Å². The monoisotopic (exact) mass is 306 g/mol. The zero-order chi connectivity index (χ0) is 14.1. The van der Waals surface area contributed by atoms with E-state index < -0.39 is 13.7 Å². The molecular weight excluding hydrogens is 285 g/mol. The van der Waals surface area contributed by atoms with E-state index in [0.29, 0.717) is 5.30 Å². The van der Waals surface area contributed by atoms with Crippen LogP contribution in [0.15, 0.2) is 24.3 Å². The van der Waals surface area contributed by atoms with Crippen LogP contribution < -0.4 is 5.30 Å². The Morgan fingerprint density at radius 1 is 1.05 bits per heavy atom. The molecule has 1 rings (SSSR count). The third-order valence-electron chi connectivity index (χ3n) is 3.14. The Morgan fingerprint density at radius 3 is 2.37 bits per heavy atom. The number of unbranched alkanes of at least 4 members (excludes halogenated alkanes) is 5. The molecule has 0 fully saturated rings. The quantitative estimate of drug-likeness (QED) is 0.374. The predicted molar refractivity (Wildman–Crippen MR) is 82.0 cm³/mol. The van der Waals surface area contributed by atoms with Crippen LogP contribution in [0.4, 0.5) is 8.78 Å². The second-order valence-electron chi connectivity index (χ2n) is 4.71. The summed E-state index contributed by atoms with van der Waals surface area (Å²) in [5.74, 6) is 0. The zero-order valence-corrected chi connectivity index (χ0v) is 13.1. The van der Waals surface area contributed by atoms with Crippen molar-refractivity contribution in [3.8, 4) is 0 Å². The van der Waals surface area contributed by atoms with Crippen molar-refractivity contribution in [1.82, 2.24) is 0 Å². The van der Waals surface area contributed by atoms with Crippen LogP contribution in [0.5, 0.6) is 0 Å². The first kappa shape index (κ1) is 16.9. The van der Waals surface area contributed by atoms with E-state index in [1.807, 2.05) is 0 Å². The zero-order valence-electron chi connectivity index (χ0n) is 11.4. The number of rotatable bonds is 9. The molecule has 1 aromatic rings. The minimum Gasteiger partial charge on any atom is -0.205 e. The summed E-state index contributed by atoms with van der Waals surface area (Å²) in [6.07, 6.45) is 5.62. The number of hydrogen-bond acceptors (Lipinski definition) is 0. The first-order valence-corrected chi connectivity index (χ1v) is 9.40. The fraction of sp³-hybridized carbons (Fsp3) is 0.600. The van der Waals surface area contributed by atoms with E-state index in [-0.39, 0.29) is 5.56 Å². The van der Waals surface area contributed by atoms with Gasteiger partial charge in [-0.1, -0.05) is 74.5 Å². The standard InChI is InChI=1S/C15H22ClF2P/c1-2-3-4-5-6-9-12-19(16)14-11-8-7-10-13(14)15(17)18/h7-8,10-11,15H,2-6,9,12H2,1H3. The lowest BCUT2D eigenvalue weighted by atomic mass is 10.1. The van der Waals surface area contributed by atoms with Gasteiger partial charge in [-0.05, 0) is 17.9 Å². The Morgan fingerprint density at radius 2 is 1.68 bits per heavy atom. The lowest BCUT2D eigenvalue weighted by Gasteiger charge is -2.14. The maximum Gasteiger partial charge on any atom is 0.264 e. The molecule has 0 spiro atoms. The van der Waals surface area contributed by atoms with E-state index >= 15 is 0 Å². The number of halogens is 3. The second kappa shape index (κ2) is 9.66. The van der Waals surface area contributed by atoms with E-state index in [4.69, 9.17) is 11.2 Å². The Labute approximate surface area is 121 Å². The fourth-order valence-corrected chi connectivity index (χ4v) is 4.31. The molecule has 0 aromatic heterocycles. The van der Waals surface area contributed by atoms with Gasteiger partial charge >= 0.3 is 0 Å². The van der Waals surface area contributed by atoms with Crippen LogP contribution in [0.3, 0.4) is 0 Å². The van der Waals surface area contributed by atoms with Gasteiger partial charge in [0.25, 0.3) is 6.43 Å². The summed E-state index contributed by atoms with van der Waals surface area (Å²) in [5, 5.41) is 0.655. The van der Waals surface area contributed by atoms with E-state index in [1.165, 1.54) is 31.7 Å². The molecule has 4 heteroatoms. The largest absolute Gasteiger partial charge is 0.264 e. The topological polar surface area (TPSA) is 0 Å². The lowest BCUT2D eigenvalue weighted by Crippen LogP contribution is -2.08. The first-order chi connectivity index (χ1) is 9.16. The molecule has 0 bridgehead atoms. The smallest absolute Gasteiger partial charge is 0.205 e. The van der Waals surface area contributed by atoms with Crippen LogP contribution in [-0.2, 0) is 0 Å². The molecular formula is C15H22ClF2P. The SMILES string of the molecule is CCCCCCCCP(Cl)c1ccccc1C(F)F. The average molecular weight is 307 g/mol. The summed E-state index contributed by atoms with van der Waals surface area (Å²) in [4.78, 5) is 0. The number of alkyl halides is 2. The number of hydrogen-bond donors (Lipinski definition) is 0. The normalized spacial score (nSPS) is 12.9. The molecule has 0 amide bonds. The third-order valence-corrected chi connectivity index (χ3v) is 5.83. The molecule has 0 aliphatic heterocycles. The van der Waals surface area contributed by atoms with Crippen LogP contribution >= 0.6 is 18.5 Å². The van der Waals surface area contributed by atoms with Crippen molar-refractivity contribution < 1.29 is 8.78 Å². The van der Waals surface area contributed by atoms with Gasteiger partial charge in [0.15, 0.2) is 0 Å². The van der Waals surface area contributed by atoms with Gasteiger partial charge in [0.1, 0.15) is 0 Å². The number of benzene rings is 1. The Hall–Kier alpha value is -0.200. The minimum absolute atomic E-state index is 0.106. The summed E-state index contributed by atoms with van der Waals surface area (Å²) in [6, 6.07) is 6.67. The minimum atomic E-state index is -2.43. The molecule has 0 heterocycles. The van der Waals surface area contributed by atoms with Gasteiger partial charge in [0, 0.05) is 12.8 Å². The van der Waals surface area contributed by atoms with Gasteiger partial charge in [0.05, 0.1) is 0 Å².